The predicted octanol–water partition coefficient (Wildman–Crippen LogP) is 3.07. The van der Waals surface area contributed by atoms with Gasteiger partial charge in [-0.1, -0.05) is 54.6 Å². The molecule has 6 nitrogen and oxygen atoms in total. The van der Waals surface area contributed by atoms with Crippen LogP contribution in [0.3, 0.4) is 0 Å². The molecule has 0 aromatic heterocycles. The zero-order valence-corrected chi connectivity index (χ0v) is 16.3. The van der Waals surface area contributed by atoms with Crippen LogP contribution in [0.5, 0.6) is 0 Å². The molecule has 3 aromatic rings. The third kappa shape index (κ3) is 4.60. The van der Waals surface area contributed by atoms with Gasteiger partial charge in [0.25, 0.3) is 0 Å². The average molecular weight is 386 g/mol. The van der Waals surface area contributed by atoms with Gasteiger partial charge in [-0.3, -0.25) is 9.59 Å². The molecule has 0 heterocycles. The van der Waals surface area contributed by atoms with Gasteiger partial charge in [0, 0.05) is 6.54 Å². The number of carbonyl (C=O) groups is 2. The van der Waals surface area contributed by atoms with E-state index in [0.29, 0.717) is 11.3 Å². The Hall–Kier alpha value is -3.69. The molecular weight excluding hydrogens is 364 g/mol. The van der Waals surface area contributed by atoms with Gasteiger partial charge in [-0.15, -0.1) is 0 Å². The molecule has 3 aromatic carbocycles. The Morgan fingerprint density at radius 1 is 0.966 bits per heavy atom. The number of nitrogens with one attached hydrogen (secondary N) is 2. The van der Waals surface area contributed by atoms with Crippen molar-refractivity contribution in [2.24, 2.45) is 0 Å². The molecule has 0 bridgehead atoms. The Kier molecular flexibility index (Phi) is 6.22. The van der Waals surface area contributed by atoms with Crippen LogP contribution in [-0.4, -0.2) is 37.4 Å². The predicted molar refractivity (Wildman–Crippen MR) is 113 cm³/mol. The summed E-state index contributed by atoms with van der Waals surface area (Å²) in [6.45, 7) is 0.271. The highest BCUT2D eigenvalue weighted by Gasteiger charge is 2.20. The van der Waals surface area contributed by atoms with Gasteiger partial charge < -0.3 is 15.5 Å². The van der Waals surface area contributed by atoms with Crippen molar-refractivity contribution < 1.29 is 9.59 Å². The Bertz CT molecular complexity index is 1080. The third-order valence-corrected chi connectivity index (χ3v) is 4.76. The van der Waals surface area contributed by atoms with Gasteiger partial charge in [0.2, 0.25) is 0 Å². The van der Waals surface area contributed by atoms with E-state index in [9.17, 15) is 9.59 Å². The van der Waals surface area contributed by atoms with Gasteiger partial charge in [0.15, 0.2) is 0 Å². The van der Waals surface area contributed by atoms with Gasteiger partial charge in [-0.05, 0) is 42.6 Å². The van der Waals surface area contributed by atoms with Crippen LogP contribution >= 0.6 is 0 Å². The van der Waals surface area contributed by atoms with Crippen LogP contribution in [0.1, 0.15) is 17.2 Å². The number of rotatable bonds is 5. The number of benzene rings is 3. The summed E-state index contributed by atoms with van der Waals surface area (Å²) in [5, 5.41) is 16.5. The standard InChI is InChI=1S/C23H22N4O2/c1-27(2)21(19-12-7-10-16-8-3-5-11-18(16)19)15-25-22(28)23(29)26-20-13-6-4-9-17(20)14-24/h3-13,21H,15H2,1-2H3,(H,25,28)(H,26,29)/t21-/m0/s1. The van der Waals surface area contributed by atoms with Crippen LogP contribution in [0.2, 0.25) is 0 Å². The first-order chi connectivity index (χ1) is 14.0. The summed E-state index contributed by atoms with van der Waals surface area (Å²) in [4.78, 5) is 26.6. The fraction of sp³-hybridized carbons (Fsp3) is 0.174. The number of carbonyl (C=O) groups excluding carboxylic acids is 2. The van der Waals surface area contributed by atoms with Gasteiger partial charge in [0.05, 0.1) is 17.3 Å². The quantitative estimate of drug-likeness (QED) is 0.660. The molecule has 146 valence electrons. The maximum atomic E-state index is 12.3. The monoisotopic (exact) mass is 386 g/mol. The minimum atomic E-state index is -0.803. The zero-order valence-electron chi connectivity index (χ0n) is 16.3. The Labute approximate surface area is 169 Å². The molecule has 3 rings (SSSR count). The Morgan fingerprint density at radius 2 is 1.66 bits per heavy atom. The van der Waals surface area contributed by atoms with Crippen molar-refractivity contribution >= 4 is 28.3 Å². The van der Waals surface area contributed by atoms with Gasteiger partial charge in [-0.25, -0.2) is 0 Å². The third-order valence-electron chi connectivity index (χ3n) is 4.76. The number of likely N-dealkylation sites (N-methyl/N-ethyl adjacent to an activating group) is 1. The van der Waals surface area contributed by atoms with Gasteiger partial charge in [-0.2, -0.15) is 5.26 Å². The molecule has 6 heteroatoms. The lowest BCUT2D eigenvalue weighted by molar-refractivity contribution is -0.136. The first-order valence-corrected chi connectivity index (χ1v) is 9.23. The summed E-state index contributed by atoms with van der Waals surface area (Å²) >= 11 is 0. The molecule has 0 fully saturated rings. The lowest BCUT2D eigenvalue weighted by Gasteiger charge is -2.26. The molecule has 0 saturated carbocycles. The SMILES string of the molecule is CN(C)[C@@H](CNC(=O)C(=O)Nc1ccccc1C#N)c1cccc2ccccc12. The molecule has 0 radical (unpaired) electrons. The summed E-state index contributed by atoms with van der Waals surface area (Å²) < 4.78 is 0. The molecule has 2 amide bonds. The van der Waals surface area contributed by atoms with Crippen molar-refractivity contribution in [1.82, 2.24) is 10.2 Å². The summed E-state index contributed by atoms with van der Waals surface area (Å²) in [5.74, 6) is -1.55. The number of hydrogen-bond donors (Lipinski definition) is 2. The number of nitrogens with zero attached hydrogens (tertiary/aromatic N) is 2. The van der Waals surface area contributed by atoms with Crippen LogP contribution in [0.15, 0.2) is 66.7 Å². The molecule has 2 N–H and O–H groups in total. The van der Waals surface area contributed by atoms with E-state index in [0.717, 1.165) is 16.3 Å². The van der Waals surface area contributed by atoms with E-state index in [2.05, 4.69) is 16.7 Å². The molecule has 0 aliphatic heterocycles. The summed E-state index contributed by atoms with van der Waals surface area (Å²) in [5.41, 5.74) is 1.69. The first kappa shape index (κ1) is 20.1. The molecule has 0 saturated heterocycles. The Morgan fingerprint density at radius 3 is 2.41 bits per heavy atom. The maximum absolute atomic E-state index is 12.3. The lowest BCUT2D eigenvalue weighted by Crippen LogP contribution is -2.40. The van der Waals surface area contributed by atoms with E-state index >= 15 is 0 Å². The molecule has 1 atom stereocenters. The molecule has 0 aliphatic carbocycles. The zero-order chi connectivity index (χ0) is 20.8. The number of nitriles is 1. The molecule has 0 aliphatic rings. The molecule has 0 spiro atoms. The second-order valence-electron chi connectivity index (χ2n) is 6.87. The van der Waals surface area contributed by atoms with Crippen LogP contribution in [0.25, 0.3) is 10.8 Å². The average Bonchev–Trinajstić information content (AvgIpc) is 2.74. The highest BCUT2D eigenvalue weighted by molar-refractivity contribution is 6.39. The molecule has 29 heavy (non-hydrogen) atoms. The number of amides is 2. The Balaban J connectivity index is 1.73. The molecule has 0 unspecified atom stereocenters. The van der Waals surface area contributed by atoms with E-state index < -0.39 is 11.8 Å². The largest absolute Gasteiger partial charge is 0.346 e. The van der Waals surface area contributed by atoms with Crippen molar-refractivity contribution in [3.63, 3.8) is 0 Å². The van der Waals surface area contributed by atoms with Crippen LogP contribution in [0, 0.1) is 11.3 Å². The van der Waals surface area contributed by atoms with Crippen molar-refractivity contribution in [2.45, 2.75) is 6.04 Å². The minimum Gasteiger partial charge on any atom is -0.346 e. The minimum absolute atomic E-state index is 0.107. The van der Waals surface area contributed by atoms with Crippen molar-refractivity contribution in [3.05, 3.63) is 77.9 Å². The number of hydrogen-bond acceptors (Lipinski definition) is 4. The van der Waals surface area contributed by atoms with Crippen LogP contribution in [-0.2, 0) is 9.59 Å². The van der Waals surface area contributed by atoms with E-state index in [1.165, 1.54) is 0 Å². The highest BCUT2D eigenvalue weighted by Crippen LogP contribution is 2.26. The van der Waals surface area contributed by atoms with Gasteiger partial charge >= 0.3 is 11.8 Å². The van der Waals surface area contributed by atoms with Crippen LogP contribution < -0.4 is 10.6 Å². The second-order valence-corrected chi connectivity index (χ2v) is 6.87. The fourth-order valence-electron chi connectivity index (χ4n) is 3.25. The van der Waals surface area contributed by atoms with E-state index in [1.807, 2.05) is 61.5 Å². The van der Waals surface area contributed by atoms with Crippen LogP contribution in [0.4, 0.5) is 5.69 Å². The summed E-state index contributed by atoms with van der Waals surface area (Å²) in [6.07, 6.45) is 0. The molecular formula is C23H22N4O2. The fourth-order valence-corrected chi connectivity index (χ4v) is 3.25. The maximum Gasteiger partial charge on any atom is 0.313 e. The first-order valence-electron chi connectivity index (χ1n) is 9.23. The number of anilines is 1. The van der Waals surface area contributed by atoms with E-state index in [1.54, 1.807) is 24.3 Å². The smallest absolute Gasteiger partial charge is 0.313 e. The van der Waals surface area contributed by atoms with Gasteiger partial charge in [0.1, 0.15) is 6.07 Å². The van der Waals surface area contributed by atoms with Crippen molar-refractivity contribution in [3.8, 4) is 6.07 Å². The normalized spacial score (nSPS) is 11.7. The number of para-hydroxylation sites is 1. The highest BCUT2D eigenvalue weighted by atomic mass is 16.2. The van der Waals surface area contributed by atoms with Crippen molar-refractivity contribution in [1.29, 1.82) is 5.26 Å². The number of fused-ring (bicyclic) bond motifs is 1. The van der Waals surface area contributed by atoms with E-state index in [4.69, 9.17) is 5.26 Å². The summed E-state index contributed by atoms with van der Waals surface area (Å²) in [7, 11) is 3.86. The lowest BCUT2D eigenvalue weighted by atomic mass is 9.98. The second kappa shape index (κ2) is 9.00. The van der Waals surface area contributed by atoms with Crippen molar-refractivity contribution in [2.75, 3.05) is 26.0 Å². The van der Waals surface area contributed by atoms with E-state index in [-0.39, 0.29) is 12.6 Å². The summed E-state index contributed by atoms with van der Waals surface area (Å²) in [6, 6.07) is 22.6. The topological polar surface area (TPSA) is 85.2 Å².